The van der Waals surface area contributed by atoms with E-state index in [1.807, 2.05) is 12.7 Å². The molecule has 130 valence electrons. The molecule has 1 atom stereocenters. The number of nitrogens with zero attached hydrogens (tertiary/aromatic N) is 1. The summed E-state index contributed by atoms with van der Waals surface area (Å²) in [6.07, 6.45) is 6.97. The highest BCUT2D eigenvalue weighted by molar-refractivity contribution is 8.32. The molecule has 0 radical (unpaired) electrons. The van der Waals surface area contributed by atoms with Gasteiger partial charge in [0.2, 0.25) is 0 Å². The molecule has 2 N–H and O–H groups in total. The lowest BCUT2D eigenvalue weighted by atomic mass is 9.79. The second kappa shape index (κ2) is 9.53. The molecule has 0 aliphatic carbocycles. The van der Waals surface area contributed by atoms with Crippen LogP contribution >= 0.6 is 18.8 Å². The van der Waals surface area contributed by atoms with Gasteiger partial charge in [0.25, 0.3) is 0 Å². The van der Waals surface area contributed by atoms with Crippen LogP contribution < -0.4 is 5.46 Å². The molecule has 23 heavy (non-hydrogen) atoms. The highest BCUT2D eigenvalue weighted by Crippen LogP contribution is 2.33. The Morgan fingerprint density at radius 1 is 1.35 bits per heavy atom. The van der Waals surface area contributed by atoms with Crippen LogP contribution in [0.25, 0.3) is 0 Å². The van der Waals surface area contributed by atoms with E-state index in [0.29, 0.717) is 33.8 Å². The normalized spacial score (nSPS) is 12.4. The topological polar surface area (TPSA) is 70.0 Å². The van der Waals surface area contributed by atoms with Crippen LogP contribution in [0.2, 0.25) is 0 Å². The second-order valence-corrected chi connectivity index (χ2v) is 11.7. The predicted molar refractivity (Wildman–Crippen MR) is 102 cm³/mol. The Hall–Kier alpha value is -0.745. The zero-order valence-corrected chi connectivity index (χ0v) is 16.1. The molecule has 0 saturated heterocycles. The fourth-order valence-electron chi connectivity index (χ4n) is 1.90. The van der Waals surface area contributed by atoms with E-state index in [-0.39, 0.29) is 6.09 Å². The number of benzene rings is 1. The predicted octanol–water partition coefficient (Wildman–Crippen LogP) is 1.26. The molecule has 1 rings (SSSR count). The number of hydrogen-bond donors (Lipinski definition) is 2. The lowest BCUT2D eigenvalue weighted by Crippen LogP contribution is -2.30. The molecule has 8 heteroatoms. The largest absolute Gasteiger partial charge is 0.488 e. The second-order valence-electron chi connectivity index (χ2n) is 6.15. The average molecular weight is 359 g/mol. The molecule has 0 bridgehead atoms. The van der Waals surface area contributed by atoms with Crippen LogP contribution in [0.5, 0.6) is 0 Å². The minimum Gasteiger partial charge on any atom is -0.448 e. The Morgan fingerprint density at radius 2 is 2.04 bits per heavy atom. The van der Waals surface area contributed by atoms with Crippen molar-refractivity contribution in [2.75, 3.05) is 44.3 Å². The van der Waals surface area contributed by atoms with Crippen LogP contribution in [0.1, 0.15) is 5.56 Å². The van der Waals surface area contributed by atoms with Crippen LogP contribution in [0, 0.1) is 0 Å². The van der Waals surface area contributed by atoms with Crippen molar-refractivity contribution in [1.29, 1.82) is 0 Å². The molecule has 1 amide bonds. The molecule has 1 aromatic carbocycles. The Labute approximate surface area is 142 Å². The van der Waals surface area contributed by atoms with E-state index < -0.39 is 17.1 Å². The Bertz CT molecular complexity index is 510. The summed E-state index contributed by atoms with van der Waals surface area (Å²) >= 11 is 0. The first-order chi connectivity index (χ1) is 10.7. The van der Waals surface area contributed by atoms with Crippen molar-refractivity contribution >= 4 is 37.4 Å². The van der Waals surface area contributed by atoms with Gasteiger partial charge in [-0.1, -0.05) is 24.3 Å². The first kappa shape index (κ1) is 20.3. The van der Waals surface area contributed by atoms with Gasteiger partial charge in [0.15, 0.2) is 0 Å². The summed E-state index contributed by atoms with van der Waals surface area (Å²) in [6, 6.07) is 7.11. The monoisotopic (exact) mass is 359 g/mol. The lowest BCUT2D eigenvalue weighted by molar-refractivity contribution is 0.134. The van der Waals surface area contributed by atoms with Crippen molar-refractivity contribution in [3.63, 3.8) is 0 Å². The highest BCUT2D eigenvalue weighted by Gasteiger charge is 2.15. The van der Waals surface area contributed by atoms with Crippen molar-refractivity contribution < 1.29 is 19.6 Å². The summed E-state index contributed by atoms with van der Waals surface area (Å²) in [5, 5.41) is 18.4. The third-order valence-electron chi connectivity index (χ3n) is 3.28. The fourth-order valence-corrected chi connectivity index (χ4v) is 3.07. The number of carbonyl (C=O) groups is 1. The van der Waals surface area contributed by atoms with E-state index in [9.17, 15) is 14.8 Å². The molecule has 0 aromatic heterocycles. The van der Waals surface area contributed by atoms with E-state index in [0.717, 1.165) is 11.3 Å². The Balaban J connectivity index is 2.49. The van der Waals surface area contributed by atoms with Gasteiger partial charge in [-0.15, -0.1) is 0 Å². The zero-order chi connectivity index (χ0) is 17.5. The summed E-state index contributed by atoms with van der Waals surface area (Å²) in [5.74, 6) is 0.913. The van der Waals surface area contributed by atoms with Gasteiger partial charge in [-0.3, -0.25) is 4.67 Å². The average Bonchev–Trinajstić information content (AvgIpc) is 2.46. The minimum absolute atomic E-state index is 0.271. The quantitative estimate of drug-likeness (QED) is 0.542. The Kier molecular flexibility index (Phi) is 8.41. The summed E-state index contributed by atoms with van der Waals surface area (Å²) < 4.78 is 7.05. The molecule has 0 aliphatic heterocycles. The van der Waals surface area contributed by atoms with Crippen LogP contribution in [-0.4, -0.2) is 72.3 Å². The van der Waals surface area contributed by atoms with Crippen molar-refractivity contribution in [2.45, 2.75) is 6.42 Å². The first-order valence-corrected chi connectivity index (χ1v) is 11.9. The third kappa shape index (κ3) is 8.07. The van der Waals surface area contributed by atoms with Gasteiger partial charge in [0, 0.05) is 12.3 Å². The fraction of sp³-hybridized carbons (Fsp3) is 0.533. The van der Waals surface area contributed by atoms with Gasteiger partial charge in [-0.05, 0) is 51.6 Å². The molecule has 0 spiro atoms. The third-order valence-corrected chi connectivity index (χ3v) is 5.62. The van der Waals surface area contributed by atoms with E-state index in [1.54, 1.807) is 22.9 Å². The molecule has 0 fully saturated rings. The zero-order valence-electron chi connectivity index (χ0n) is 14.3. The van der Waals surface area contributed by atoms with E-state index in [2.05, 4.69) is 18.8 Å². The number of carbonyl (C=O) groups excluding carboxylic acids is 1. The van der Waals surface area contributed by atoms with Crippen LogP contribution in [-0.2, 0) is 11.2 Å². The SMILES string of the molecule is CPN(CCc1cccc(B(O)O)c1)C(=O)OCCS(C)(C)C. The van der Waals surface area contributed by atoms with Gasteiger partial charge in [-0.25, -0.2) is 14.8 Å². The van der Waals surface area contributed by atoms with Gasteiger partial charge in [0.1, 0.15) is 6.61 Å². The van der Waals surface area contributed by atoms with Crippen LogP contribution in [0.3, 0.4) is 0 Å². The van der Waals surface area contributed by atoms with Gasteiger partial charge in [0.05, 0.1) is 0 Å². The maximum Gasteiger partial charge on any atom is 0.488 e. The van der Waals surface area contributed by atoms with Crippen molar-refractivity contribution in [1.82, 2.24) is 4.67 Å². The lowest BCUT2D eigenvalue weighted by Gasteiger charge is -2.26. The van der Waals surface area contributed by atoms with Gasteiger partial charge >= 0.3 is 13.2 Å². The summed E-state index contributed by atoms with van der Waals surface area (Å²) in [7, 11) is -1.79. The van der Waals surface area contributed by atoms with E-state index >= 15 is 0 Å². The summed E-state index contributed by atoms with van der Waals surface area (Å²) in [6.45, 7) is 2.97. The smallest absolute Gasteiger partial charge is 0.448 e. The van der Waals surface area contributed by atoms with Crippen molar-refractivity contribution in [3.05, 3.63) is 29.8 Å². The standard InChI is InChI=1S/C15H27BNO4PS/c1-22-17(15(18)21-10-11-23(2,3)4)9-8-13-6-5-7-14(12-13)16(19)20/h5-7,12,19-20,22H,8-11H2,1-4H3. The summed E-state index contributed by atoms with van der Waals surface area (Å²) in [5.41, 5.74) is 1.43. The minimum atomic E-state index is -1.47. The first-order valence-electron chi connectivity index (χ1n) is 7.45. The van der Waals surface area contributed by atoms with E-state index in [4.69, 9.17) is 4.74 Å². The molecule has 0 saturated carbocycles. The van der Waals surface area contributed by atoms with E-state index in [1.165, 1.54) is 0 Å². The summed E-state index contributed by atoms with van der Waals surface area (Å²) in [4.78, 5) is 12.1. The maximum atomic E-state index is 12.1. The Morgan fingerprint density at radius 3 is 2.61 bits per heavy atom. The molecule has 0 aliphatic rings. The van der Waals surface area contributed by atoms with Crippen LogP contribution in [0.4, 0.5) is 4.79 Å². The van der Waals surface area contributed by atoms with Crippen molar-refractivity contribution in [3.8, 4) is 0 Å². The molecular formula is C15H27BNO4PS. The number of rotatable bonds is 8. The van der Waals surface area contributed by atoms with Crippen LogP contribution in [0.15, 0.2) is 24.3 Å². The number of amides is 1. The van der Waals surface area contributed by atoms with Gasteiger partial charge in [-0.2, -0.15) is 0 Å². The number of hydrogen-bond acceptors (Lipinski definition) is 4. The van der Waals surface area contributed by atoms with Gasteiger partial charge < -0.3 is 14.8 Å². The highest BCUT2D eigenvalue weighted by atomic mass is 32.3. The molecule has 0 heterocycles. The molecule has 5 nitrogen and oxygen atoms in total. The number of ether oxygens (including phenoxy) is 1. The molecular weight excluding hydrogens is 332 g/mol. The molecule has 1 aromatic rings. The molecule has 1 unspecified atom stereocenters. The maximum absolute atomic E-state index is 12.1. The van der Waals surface area contributed by atoms with Crippen molar-refractivity contribution in [2.24, 2.45) is 0 Å².